The monoisotopic (exact) mass is 312 g/mol. The van der Waals surface area contributed by atoms with Gasteiger partial charge in [-0.15, -0.1) is 0 Å². The van der Waals surface area contributed by atoms with Gasteiger partial charge in [0.25, 0.3) is 0 Å². The van der Waals surface area contributed by atoms with Crippen molar-refractivity contribution in [2.45, 2.75) is 23.8 Å². The predicted octanol–water partition coefficient (Wildman–Crippen LogP) is 0.281. The number of aliphatic hydroxyl groups is 1. The minimum Gasteiger partial charge on any atom is -0.389 e. The van der Waals surface area contributed by atoms with Crippen LogP contribution in [0, 0.1) is 17.7 Å². The number of halogens is 1. The van der Waals surface area contributed by atoms with E-state index in [1.165, 1.54) is 12.1 Å². The molecule has 1 aromatic rings. The lowest BCUT2D eigenvalue weighted by Gasteiger charge is -2.19. The zero-order valence-corrected chi connectivity index (χ0v) is 12.5. The molecule has 2 rings (SSSR count). The summed E-state index contributed by atoms with van der Waals surface area (Å²) >= 11 is 0. The zero-order chi connectivity index (χ0) is 15.7. The maximum Gasteiger partial charge on any atom is 0.243 e. The van der Waals surface area contributed by atoms with Crippen molar-refractivity contribution in [2.75, 3.05) is 19.6 Å². The van der Waals surface area contributed by atoms with Crippen LogP contribution in [-0.4, -0.2) is 43.1 Å². The van der Waals surface area contributed by atoms with Crippen LogP contribution < -0.4 is 5.73 Å². The van der Waals surface area contributed by atoms with E-state index in [9.17, 15) is 17.9 Å². The molecular formula is C14H17FN2O3S. The molecule has 0 saturated carbocycles. The molecule has 0 radical (unpaired) electrons. The first-order valence-corrected chi connectivity index (χ1v) is 7.91. The fraction of sp³-hybridized carbons (Fsp3) is 0.429. The number of nitrogens with two attached hydrogens (primary N) is 1. The molecule has 0 aliphatic carbocycles. The highest BCUT2D eigenvalue weighted by Crippen LogP contribution is 2.27. The van der Waals surface area contributed by atoms with Gasteiger partial charge in [0.1, 0.15) is 5.82 Å². The summed E-state index contributed by atoms with van der Waals surface area (Å²) in [5, 5.41) is 9.86. The zero-order valence-electron chi connectivity index (χ0n) is 11.6. The van der Waals surface area contributed by atoms with Crippen LogP contribution in [0.4, 0.5) is 4.39 Å². The average molecular weight is 312 g/mol. The number of hydrogen-bond donors (Lipinski definition) is 2. The maximum atomic E-state index is 13.9. The standard InChI is InChI=1S/C14H17FN2O3S/c1-14(18)6-8-17(10-14)21(19,20)12-5-4-11(3-2-7-16)13(15)9-12/h4-5,9,18H,6-8,10,16H2,1H3. The smallest absolute Gasteiger partial charge is 0.243 e. The van der Waals surface area contributed by atoms with E-state index in [2.05, 4.69) is 11.8 Å². The van der Waals surface area contributed by atoms with Gasteiger partial charge in [0.2, 0.25) is 10.0 Å². The molecule has 0 aromatic heterocycles. The second kappa shape index (κ2) is 5.73. The molecule has 1 aliphatic heterocycles. The van der Waals surface area contributed by atoms with Crippen LogP contribution in [0.5, 0.6) is 0 Å². The first-order valence-electron chi connectivity index (χ1n) is 6.47. The lowest BCUT2D eigenvalue weighted by atomic mass is 10.1. The van der Waals surface area contributed by atoms with Crippen LogP contribution >= 0.6 is 0 Å². The van der Waals surface area contributed by atoms with Gasteiger partial charge < -0.3 is 10.8 Å². The van der Waals surface area contributed by atoms with Crippen molar-refractivity contribution < 1.29 is 17.9 Å². The highest BCUT2D eigenvalue weighted by Gasteiger charge is 2.38. The van der Waals surface area contributed by atoms with E-state index < -0.39 is 21.4 Å². The first kappa shape index (κ1) is 15.9. The third-order valence-electron chi connectivity index (χ3n) is 3.32. The molecule has 5 nitrogen and oxygen atoms in total. The van der Waals surface area contributed by atoms with Crippen molar-refractivity contribution in [3.8, 4) is 11.8 Å². The van der Waals surface area contributed by atoms with Crippen LogP contribution in [0.15, 0.2) is 23.1 Å². The van der Waals surface area contributed by atoms with Gasteiger partial charge in [-0.25, -0.2) is 12.8 Å². The Labute approximate surface area is 123 Å². The number of rotatable bonds is 2. The number of sulfonamides is 1. The number of benzene rings is 1. The van der Waals surface area contributed by atoms with Crippen molar-refractivity contribution in [3.05, 3.63) is 29.6 Å². The molecule has 1 fully saturated rings. The number of nitrogens with zero attached hydrogens (tertiary/aromatic N) is 1. The summed E-state index contributed by atoms with van der Waals surface area (Å²) in [6, 6.07) is 3.58. The average Bonchev–Trinajstić information content (AvgIpc) is 2.78. The summed E-state index contributed by atoms with van der Waals surface area (Å²) in [6.45, 7) is 1.90. The maximum absolute atomic E-state index is 13.9. The minimum atomic E-state index is -3.81. The van der Waals surface area contributed by atoms with Gasteiger partial charge in [0.15, 0.2) is 0 Å². The van der Waals surface area contributed by atoms with Crippen molar-refractivity contribution >= 4 is 10.0 Å². The summed E-state index contributed by atoms with van der Waals surface area (Å²) in [4.78, 5) is -0.143. The molecule has 1 aliphatic rings. The lowest BCUT2D eigenvalue weighted by Crippen LogP contribution is -2.34. The summed E-state index contributed by atoms with van der Waals surface area (Å²) in [6.07, 6.45) is 0.356. The quantitative estimate of drug-likeness (QED) is 0.769. The van der Waals surface area contributed by atoms with Gasteiger partial charge in [-0.1, -0.05) is 11.8 Å². The molecule has 1 heterocycles. The van der Waals surface area contributed by atoms with Crippen LogP contribution in [0.3, 0.4) is 0 Å². The van der Waals surface area contributed by atoms with Gasteiger partial charge in [0.05, 0.1) is 22.6 Å². The fourth-order valence-corrected chi connectivity index (χ4v) is 3.73. The van der Waals surface area contributed by atoms with Crippen molar-refractivity contribution in [1.82, 2.24) is 4.31 Å². The Balaban J connectivity index is 2.32. The molecule has 1 unspecified atom stereocenters. The van der Waals surface area contributed by atoms with Crippen molar-refractivity contribution in [3.63, 3.8) is 0 Å². The van der Waals surface area contributed by atoms with Gasteiger partial charge in [-0.2, -0.15) is 4.31 Å². The van der Waals surface area contributed by atoms with E-state index >= 15 is 0 Å². The molecule has 0 bridgehead atoms. The van der Waals surface area contributed by atoms with E-state index in [1.807, 2.05) is 0 Å². The van der Waals surface area contributed by atoms with Crippen molar-refractivity contribution in [1.29, 1.82) is 0 Å². The van der Waals surface area contributed by atoms with Crippen LogP contribution in [0.2, 0.25) is 0 Å². The Kier molecular flexibility index (Phi) is 4.35. The third kappa shape index (κ3) is 3.41. The topological polar surface area (TPSA) is 83.6 Å². The first-order chi connectivity index (χ1) is 9.76. The normalized spacial score (nSPS) is 22.9. The third-order valence-corrected chi connectivity index (χ3v) is 5.16. The Morgan fingerprint density at radius 3 is 2.76 bits per heavy atom. The summed E-state index contributed by atoms with van der Waals surface area (Å²) < 4.78 is 39.8. The molecule has 21 heavy (non-hydrogen) atoms. The van der Waals surface area contributed by atoms with Crippen molar-refractivity contribution in [2.24, 2.45) is 5.73 Å². The Bertz CT molecular complexity index is 705. The summed E-state index contributed by atoms with van der Waals surface area (Å²) in [5.74, 6) is 4.34. The SMILES string of the molecule is CC1(O)CCN(S(=O)(=O)c2ccc(C#CCN)c(F)c2)C1. The fourth-order valence-electron chi connectivity index (χ4n) is 2.16. The Hall–Kier alpha value is -1.46. The second-order valence-electron chi connectivity index (χ2n) is 5.23. The Morgan fingerprint density at radius 1 is 1.52 bits per heavy atom. The van der Waals surface area contributed by atoms with E-state index in [1.54, 1.807) is 6.92 Å². The van der Waals surface area contributed by atoms with E-state index in [0.717, 1.165) is 10.4 Å². The highest BCUT2D eigenvalue weighted by atomic mass is 32.2. The van der Waals surface area contributed by atoms with Crippen LogP contribution in [-0.2, 0) is 10.0 Å². The molecule has 114 valence electrons. The molecule has 0 spiro atoms. The highest BCUT2D eigenvalue weighted by molar-refractivity contribution is 7.89. The van der Waals surface area contributed by atoms with Gasteiger partial charge in [-0.05, 0) is 31.5 Å². The number of hydrogen-bond acceptors (Lipinski definition) is 4. The molecule has 1 atom stereocenters. The van der Waals surface area contributed by atoms with Crippen LogP contribution in [0.25, 0.3) is 0 Å². The Morgan fingerprint density at radius 2 is 2.24 bits per heavy atom. The molecule has 1 aromatic carbocycles. The van der Waals surface area contributed by atoms with E-state index in [4.69, 9.17) is 5.73 Å². The van der Waals surface area contributed by atoms with E-state index in [-0.39, 0.29) is 30.1 Å². The number of β-amino-alcohol motifs (C(OH)–C–C–N with tert-alkyl or cyclic N) is 1. The molecule has 1 saturated heterocycles. The largest absolute Gasteiger partial charge is 0.389 e. The summed E-state index contributed by atoms with van der Waals surface area (Å²) in [7, 11) is -3.81. The van der Waals surface area contributed by atoms with Gasteiger partial charge >= 0.3 is 0 Å². The molecule has 0 amide bonds. The van der Waals surface area contributed by atoms with E-state index in [0.29, 0.717) is 6.42 Å². The lowest BCUT2D eigenvalue weighted by molar-refractivity contribution is 0.0762. The summed E-state index contributed by atoms with van der Waals surface area (Å²) in [5.41, 5.74) is 4.27. The molecule has 7 heteroatoms. The van der Waals surface area contributed by atoms with Gasteiger partial charge in [-0.3, -0.25) is 0 Å². The molecule has 3 N–H and O–H groups in total. The predicted molar refractivity (Wildman–Crippen MR) is 76.3 cm³/mol. The minimum absolute atomic E-state index is 0.00564. The molecular weight excluding hydrogens is 295 g/mol. The van der Waals surface area contributed by atoms with Gasteiger partial charge in [0, 0.05) is 13.1 Å². The van der Waals surface area contributed by atoms with Crippen LogP contribution in [0.1, 0.15) is 18.9 Å². The second-order valence-corrected chi connectivity index (χ2v) is 7.17.